The minimum Gasteiger partial charge on any atom is -0.393 e. The van der Waals surface area contributed by atoms with Crippen LogP contribution >= 0.6 is 0 Å². The first-order valence-electron chi connectivity index (χ1n) is 17.9. The Bertz CT molecular complexity index is 1340. The second kappa shape index (κ2) is 12.5. The molecule has 276 valence electrons. The van der Waals surface area contributed by atoms with Gasteiger partial charge in [-0.3, -0.25) is 29.0 Å². The van der Waals surface area contributed by atoms with Gasteiger partial charge in [-0.15, -0.1) is 0 Å². The molecule has 14 unspecified atom stereocenters. The van der Waals surface area contributed by atoms with Crippen LogP contribution in [0.2, 0.25) is 0 Å². The van der Waals surface area contributed by atoms with E-state index in [1.54, 1.807) is 0 Å². The fourth-order valence-corrected chi connectivity index (χ4v) is 11.6. The van der Waals surface area contributed by atoms with E-state index in [1.807, 2.05) is 13.8 Å². The number of hydrogen-bond donors (Lipinski definition) is 2. The van der Waals surface area contributed by atoms with Crippen molar-refractivity contribution in [1.82, 2.24) is 9.80 Å². The van der Waals surface area contributed by atoms with Gasteiger partial charge >= 0.3 is 12.4 Å². The molecule has 14 atom stereocenters. The number of carbonyl (C=O) groups excluding carboxylic acids is 4. The fraction of sp³-hybridized carbons (Fsp3) is 0.886. The van der Waals surface area contributed by atoms with Crippen LogP contribution in [0, 0.1) is 70.5 Å². The Balaban J connectivity index is 1.26. The zero-order valence-electron chi connectivity index (χ0n) is 28.3. The maximum Gasteiger partial charge on any atom is 0.403 e. The van der Waals surface area contributed by atoms with Crippen molar-refractivity contribution in [2.45, 2.75) is 116 Å². The van der Waals surface area contributed by atoms with Gasteiger partial charge in [-0.05, 0) is 106 Å². The Labute approximate surface area is 282 Å². The number of rotatable bonds is 4. The number of alkyl halides is 6. The molecular formula is C35H48F6N2O6. The molecule has 6 aliphatic rings. The van der Waals surface area contributed by atoms with Crippen LogP contribution in [0.15, 0.2) is 0 Å². The summed E-state index contributed by atoms with van der Waals surface area (Å²) in [5.74, 6) is -8.98. The van der Waals surface area contributed by atoms with Gasteiger partial charge in [-0.1, -0.05) is 20.8 Å². The minimum absolute atomic E-state index is 0.0161. The van der Waals surface area contributed by atoms with Gasteiger partial charge in [-0.25, -0.2) is 0 Å². The van der Waals surface area contributed by atoms with E-state index in [9.17, 15) is 29.4 Å². The predicted molar refractivity (Wildman–Crippen MR) is 162 cm³/mol. The van der Waals surface area contributed by atoms with Crippen molar-refractivity contribution in [3.63, 3.8) is 0 Å². The van der Waals surface area contributed by atoms with E-state index in [0.29, 0.717) is 19.3 Å². The van der Waals surface area contributed by atoms with E-state index in [0.717, 1.165) is 4.90 Å². The zero-order valence-corrected chi connectivity index (χ0v) is 28.3. The number of likely N-dealkylation sites (tertiary alicyclic amines) is 2. The summed E-state index contributed by atoms with van der Waals surface area (Å²) in [5, 5.41) is 21.2. The van der Waals surface area contributed by atoms with Crippen molar-refractivity contribution in [1.29, 1.82) is 0 Å². The molecule has 49 heavy (non-hydrogen) atoms. The standard InChI is InChI=1S/C35H48F6N2O6/c1-15-10-22-24(30(47)42(4)29(22)46)13-20(15)21-14-25-23(11-16(21)2)31(48)43(32(25)49)26-12-19(6-8-28(26)45)33(34(36,37)38,35(39,40)41)18-5-7-27(44)17(3)9-18/h15-28,44-45H,5-14H2,1-4H3. The van der Waals surface area contributed by atoms with Crippen LogP contribution in [0.4, 0.5) is 26.3 Å². The number of carbonyl (C=O) groups is 4. The highest BCUT2D eigenvalue weighted by Crippen LogP contribution is 2.65. The van der Waals surface area contributed by atoms with E-state index in [2.05, 4.69) is 0 Å². The molecule has 2 aliphatic heterocycles. The third-order valence-corrected chi connectivity index (χ3v) is 14.2. The molecule has 2 N–H and O–H groups in total. The lowest BCUT2D eigenvalue weighted by Gasteiger charge is -2.53. The third-order valence-electron chi connectivity index (χ3n) is 14.2. The first-order valence-corrected chi connectivity index (χ1v) is 17.9. The molecule has 0 aromatic carbocycles. The number of hydrogen-bond acceptors (Lipinski definition) is 6. The van der Waals surface area contributed by atoms with Crippen LogP contribution in [0.1, 0.15) is 85.0 Å². The summed E-state index contributed by atoms with van der Waals surface area (Å²) in [6.07, 6.45) is -15.3. The van der Waals surface area contributed by atoms with Gasteiger partial charge in [0.25, 0.3) is 0 Å². The molecule has 2 saturated heterocycles. The Kier molecular flexibility index (Phi) is 9.31. The highest BCUT2D eigenvalue weighted by Gasteiger charge is 2.77. The second-order valence-corrected chi connectivity index (χ2v) is 16.5. The van der Waals surface area contributed by atoms with Crippen molar-refractivity contribution in [3.05, 3.63) is 0 Å². The van der Waals surface area contributed by atoms with Gasteiger partial charge < -0.3 is 10.2 Å². The summed E-state index contributed by atoms with van der Waals surface area (Å²) in [6, 6.07) is -1.53. The number of halogens is 6. The molecule has 4 amide bonds. The number of nitrogens with zero attached hydrogens (tertiary/aromatic N) is 2. The van der Waals surface area contributed by atoms with Crippen LogP contribution in [0.25, 0.3) is 0 Å². The van der Waals surface area contributed by atoms with Crippen LogP contribution in [-0.2, 0) is 19.2 Å². The smallest absolute Gasteiger partial charge is 0.393 e. The van der Waals surface area contributed by atoms with Crippen molar-refractivity contribution in [3.8, 4) is 0 Å². The summed E-state index contributed by atoms with van der Waals surface area (Å²) in [6.45, 7) is 5.42. The molecule has 6 rings (SSSR count). The molecule has 0 bridgehead atoms. The first-order chi connectivity index (χ1) is 22.7. The van der Waals surface area contributed by atoms with Crippen molar-refractivity contribution >= 4 is 23.6 Å². The Morgan fingerprint density at radius 2 is 0.959 bits per heavy atom. The maximum atomic E-state index is 15.1. The van der Waals surface area contributed by atoms with Gasteiger partial charge in [-0.2, -0.15) is 26.3 Å². The average molecular weight is 707 g/mol. The highest BCUT2D eigenvalue weighted by atomic mass is 19.4. The van der Waals surface area contributed by atoms with Gasteiger partial charge in [0, 0.05) is 7.05 Å². The van der Waals surface area contributed by atoms with Crippen LogP contribution < -0.4 is 0 Å². The van der Waals surface area contributed by atoms with E-state index < -0.39 is 115 Å². The number of amides is 4. The minimum atomic E-state index is -5.71. The molecular weight excluding hydrogens is 658 g/mol. The number of fused-ring (bicyclic) bond motifs is 2. The SMILES string of the molecule is CC1CC(C(C2CCC(O)C(N3C(=O)C4CC(C)C(C5CC6C(=O)N(C)C(=O)C6CC5C)CC4C3=O)C2)(C(F)(F)F)C(F)(F)F)CCC1O. The first kappa shape index (κ1) is 36.6. The van der Waals surface area contributed by atoms with E-state index >= 15 is 26.3 Å². The molecule has 0 spiro atoms. The number of aliphatic hydroxyl groups is 2. The van der Waals surface area contributed by atoms with Gasteiger partial charge in [0.15, 0.2) is 5.41 Å². The van der Waals surface area contributed by atoms with Crippen molar-refractivity contribution in [2.24, 2.45) is 70.5 Å². The van der Waals surface area contributed by atoms with Gasteiger partial charge in [0.1, 0.15) is 0 Å². The van der Waals surface area contributed by atoms with Crippen molar-refractivity contribution in [2.75, 3.05) is 7.05 Å². The molecule has 14 heteroatoms. The summed E-state index contributed by atoms with van der Waals surface area (Å²) < 4.78 is 90.4. The summed E-state index contributed by atoms with van der Waals surface area (Å²) in [4.78, 5) is 55.5. The number of aliphatic hydroxyl groups excluding tert-OH is 2. The highest BCUT2D eigenvalue weighted by molar-refractivity contribution is 6.06. The Morgan fingerprint density at radius 1 is 0.551 bits per heavy atom. The lowest BCUT2D eigenvalue weighted by Crippen LogP contribution is -2.63. The molecule has 2 heterocycles. The molecule has 0 aromatic rings. The van der Waals surface area contributed by atoms with Crippen LogP contribution in [0.5, 0.6) is 0 Å². The van der Waals surface area contributed by atoms with Gasteiger partial charge in [0.2, 0.25) is 23.6 Å². The topological polar surface area (TPSA) is 115 Å². The predicted octanol–water partition coefficient (Wildman–Crippen LogP) is 5.35. The van der Waals surface area contributed by atoms with E-state index in [1.165, 1.54) is 18.9 Å². The second-order valence-electron chi connectivity index (χ2n) is 16.5. The molecule has 8 nitrogen and oxygen atoms in total. The van der Waals surface area contributed by atoms with E-state index in [-0.39, 0.29) is 54.2 Å². The van der Waals surface area contributed by atoms with Crippen molar-refractivity contribution < 1.29 is 55.7 Å². The molecule has 0 radical (unpaired) electrons. The monoisotopic (exact) mass is 706 g/mol. The maximum absolute atomic E-state index is 15.1. The summed E-state index contributed by atoms with van der Waals surface area (Å²) in [7, 11) is 1.48. The Hall–Kier alpha value is -2.22. The quantitative estimate of drug-likeness (QED) is 0.301. The zero-order chi connectivity index (χ0) is 36.1. The Morgan fingerprint density at radius 3 is 1.43 bits per heavy atom. The number of imide groups is 2. The molecule has 6 fully saturated rings. The van der Waals surface area contributed by atoms with Crippen LogP contribution in [0.3, 0.4) is 0 Å². The van der Waals surface area contributed by atoms with Crippen LogP contribution in [-0.4, -0.2) is 81.3 Å². The lowest BCUT2D eigenvalue weighted by atomic mass is 9.55. The lowest BCUT2D eigenvalue weighted by molar-refractivity contribution is -0.384. The summed E-state index contributed by atoms with van der Waals surface area (Å²) >= 11 is 0. The largest absolute Gasteiger partial charge is 0.403 e. The molecule has 4 aliphatic carbocycles. The molecule has 0 aromatic heterocycles. The average Bonchev–Trinajstić information content (AvgIpc) is 3.36. The van der Waals surface area contributed by atoms with Gasteiger partial charge in [0.05, 0.1) is 41.9 Å². The fourth-order valence-electron chi connectivity index (χ4n) is 11.6. The normalized spacial score (nSPS) is 44.0. The van der Waals surface area contributed by atoms with E-state index in [4.69, 9.17) is 0 Å². The third kappa shape index (κ3) is 5.55. The summed E-state index contributed by atoms with van der Waals surface area (Å²) in [5.41, 5.74) is -4.13. The molecule has 4 saturated carbocycles.